The summed E-state index contributed by atoms with van der Waals surface area (Å²) in [6.45, 7) is 7.04. The van der Waals surface area contributed by atoms with Gasteiger partial charge in [-0.15, -0.1) is 0 Å². The summed E-state index contributed by atoms with van der Waals surface area (Å²) in [5.41, 5.74) is -0.351. The van der Waals surface area contributed by atoms with Crippen LogP contribution in [-0.2, 0) is 94.6 Å². The lowest BCUT2D eigenvalue weighted by Gasteiger charge is -2.60. The highest BCUT2D eigenvalue weighted by atomic mass is 32.2. The number of unbranched alkanes of at least 4 members (excludes halogenated alkanes) is 1. The van der Waals surface area contributed by atoms with Crippen LogP contribution in [0.4, 0.5) is 26.3 Å². The Balaban J connectivity index is 0.000000108. The molecule has 23 heteroatoms. The SMILES string of the molecule is CC(F)(F)C(=O)OC1C2OS(=O)(=O)C3CC4CC41C23.CCC(F)(F)CCCCOC(=O)C12CC3CC(CC(C3)C1)C2.CCC1(OC(=O)C2C3C(=O)OC4C(OC(=O)C(C)(F)F)C5(CC25)C43)C2CC3CC(C2)CC1C3.Cc1cccc([S+](c2ccccc2)c2ccccc2)c1.c1ccc([S+](c2ccccc2)c2ccccc2)cc1.c1ccc([S+](c2ccccc2)c2ccccc2)cc1. The summed E-state index contributed by atoms with van der Waals surface area (Å²) < 4.78 is 135. The third-order valence-corrected chi connectivity index (χ3v) is 39.6. The Morgan fingerprint density at radius 2 is 0.833 bits per heavy atom. The van der Waals surface area contributed by atoms with Gasteiger partial charge >= 0.3 is 41.7 Å². The number of esters is 5. The summed E-state index contributed by atoms with van der Waals surface area (Å²) in [4.78, 5) is 74.4. The lowest BCUT2D eigenvalue weighted by molar-refractivity contribution is -0.216. The van der Waals surface area contributed by atoms with Crippen molar-refractivity contribution < 1.29 is 86.6 Å². The maximum atomic E-state index is 13.7. The standard InChI is InChI=1S/C25H30F2O6.C19H17S.C18H28F2O2.2C18H15S.C11H12F2O5S/c1-3-25(12-5-10-4-11(7-12)8-13(25)6-10)33-21(29)15-14-9-24(14)17-16(15)20(28)31-18(17)19(24)32-22(30)23(2,26)27;1-16-9-8-14-19(15-16)20(17-10-4-2-5-11-17)18-12-6-3-7-13-18;1-2-18(19,20)5-3-4-6-22-16(21)17-10-13-7-14(11-17)9-15(8-13)12-17;2*1-4-10-16(11-5-1)19(17-12-6-2-7-13-17)18-14-8-3-9-15-18;1-10(12,13)9(14)17-8-7-6-5(19(15,16)18-7)2-4-3-11(4,6)8/h10-19H,3-9H2,1-2H3;2-15H,1H3;13-15H,2-12H2,1H3;2*1-15H;4-8H,2-3H2,1H3/q;+1;;2*+1;. The van der Waals surface area contributed by atoms with Gasteiger partial charge in [-0.1, -0.05) is 172 Å². The van der Waals surface area contributed by atoms with Gasteiger partial charge in [0.1, 0.15) is 30.0 Å². The van der Waals surface area contributed by atoms with Gasteiger partial charge in [0.15, 0.2) is 44.1 Å². The second-order valence-corrected chi connectivity index (χ2v) is 47.3. The maximum absolute atomic E-state index is 13.7. The van der Waals surface area contributed by atoms with E-state index in [1.165, 1.54) is 82.2 Å². The van der Waals surface area contributed by atoms with Crippen LogP contribution in [0.15, 0.2) is 311 Å². The van der Waals surface area contributed by atoms with Crippen molar-refractivity contribution in [1.82, 2.24) is 0 Å². The van der Waals surface area contributed by atoms with Crippen molar-refractivity contribution in [2.24, 2.45) is 93.2 Å². The van der Waals surface area contributed by atoms with Gasteiger partial charge in [-0.05, 0) is 284 Å². The summed E-state index contributed by atoms with van der Waals surface area (Å²) in [6.07, 6.45) is 12.9. The number of aryl methyl sites for hydroxylation is 1. The molecule has 16 fully saturated rings. The van der Waals surface area contributed by atoms with Crippen LogP contribution in [0.1, 0.15) is 155 Å². The molecule has 2 heterocycles. The van der Waals surface area contributed by atoms with E-state index >= 15 is 0 Å². The molecular weight excluding hydrogens is 1760 g/mol. The van der Waals surface area contributed by atoms with Crippen molar-refractivity contribution in [2.75, 3.05) is 6.61 Å². The molecule has 0 amide bonds. The van der Waals surface area contributed by atoms with Gasteiger partial charge in [0, 0.05) is 49.4 Å². The Kier molecular flexibility index (Phi) is 26.8. The zero-order valence-electron chi connectivity index (χ0n) is 75.1. The minimum absolute atomic E-state index is 0.0146. The van der Waals surface area contributed by atoms with Crippen molar-refractivity contribution in [3.8, 4) is 0 Å². The van der Waals surface area contributed by atoms with Crippen LogP contribution in [0.2, 0.25) is 0 Å². The first-order valence-corrected chi connectivity index (χ1v) is 52.4. The highest BCUT2D eigenvalue weighted by Crippen LogP contribution is 2.83. The van der Waals surface area contributed by atoms with Crippen LogP contribution in [0.3, 0.4) is 0 Å². The molecule has 13 atom stereocenters. The van der Waals surface area contributed by atoms with E-state index in [1.54, 1.807) is 0 Å². The topological polar surface area (TPSA) is 175 Å². The minimum Gasteiger partial charge on any atom is -0.465 e. The van der Waals surface area contributed by atoms with E-state index in [9.17, 15) is 58.7 Å². The molecule has 0 N–H and O–H groups in total. The molecule has 132 heavy (non-hydrogen) atoms. The van der Waals surface area contributed by atoms with Gasteiger partial charge in [-0.2, -0.15) is 26.0 Å². The molecule has 0 radical (unpaired) electrons. The van der Waals surface area contributed by atoms with Crippen molar-refractivity contribution in [1.29, 1.82) is 0 Å². The molecule has 0 aromatic heterocycles. The Morgan fingerprint density at radius 3 is 1.22 bits per heavy atom. The van der Waals surface area contributed by atoms with Crippen molar-refractivity contribution >= 4 is 72.6 Å². The number of alkyl halides is 6. The van der Waals surface area contributed by atoms with E-state index in [1.807, 2.05) is 0 Å². The van der Waals surface area contributed by atoms with Crippen LogP contribution in [-0.4, -0.2) is 97.9 Å². The number of carbonyl (C=O) groups excluding carboxylic acids is 5. The summed E-state index contributed by atoms with van der Waals surface area (Å²) in [7, 11) is -3.68. The fourth-order valence-electron chi connectivity index (χ4n) is 25.9. The number of benzene rings is 9. The molecule has 25 rings (SSSR count). The minimum atomic E-state index is -3.62. The van der Waals surface area contributed by atoms with Gasteiger partial charge in [0.2, 0.25) is 5.92 Å². The molecule has 13 unspecified atom stereocenters. The summed E-state index contributed by atoms with van der Waals surface area (Å²) in [6, 6.07) is 94.6. The predicted molar refractivity (Wildman–Crippen MR) is 494 cm³/mol. The van der Waals surface area contributed by atoms with Crippen molar-refractivity contribution in [2.45, 2.75) is 254 Å². The van der Waals surface area contributed by atoms with E-state index in [0.717, 1.165) is 87.4 Å². The van der Waals surface area contributed by atoms with E-state index in [4.69, 9.17) is 27.9 Å². The highest BCUT2D eigenvalue weighted by molar-refractivity contribution is 7.97. The van der Waals surface area contributed by atoms with Gasteiger partial charge < -0.3 is 23.7 Å². The number of rotatable bonds is 23. The molecule has 9 aromatic rings. The summed E-state index contributed by atoms with van der Waals surface area (Å²) in [5.74, 6) is -11.0. The average molecular weight is 1880 g/mol. The molecule has 694 valence electrons. The molecule has 8 bridgehead atoms. The molecule has 9 aromatic carbocycles. The van der Waals surface area contributed by atoms with Crippen LogP contribution >= 0.6 is 0 Å². The van der Waals surface area contributed by atoms with Crippen LogP contribution in [0.5, 0.6) is 0 Å². The van der Waals surface area contributed by atoms with E-state index in [0.29, 0.717) is 58.0 Å². The zero-order valence-corrected chi connectivity index (χ0v) is 78.4. The zero-order chi connectivity index (χ0) is 92.3. The number of halogens is 6. The first kappa shape index (κ1) is 93.3. The number of ether oxygens (including phenoxy) is 5. The predicted octanol–water partition coefficient (Wildman–Crippen LogP) is 23.8. The fraction of sp³-hybridized carbons (Fsp3) is 0.459. The van der Waals surface area contributed by atoms with Crippen LogP contribution in [0, 0.1) is 100 Å². The smallest absolute Gasteiger partial charge is 0.377 e. The second kappa shape index (κ2) is 37.9. The Morgan fingerprint density at radius 1 is 0.447 bits per heavy atom. The second-order valence-electron chi connectivity index (χ2n) is 39.5. The van der Waals surface area contributed by atoms with E-state index in [2.05, 4.69) is 281 Å². The molecule has 2 spiro atoms. The first-order chi connectivity index (χ1) is 63.4. The monoisotopic (exact) mass is 1880 g/mol. The number of hydrogen-bond acceptors (Lipinski definition) is 13. The van der Waals surface area contributed by atoms with Crippen LogP contribution < -0.4 is 0 Å². The van der Waals surface area contributed by atoms with Gasteiger partial charge in [0.25, 0.3) is 10.1 Å². The van der Waals surface area contributed by atoms with E-state index in [-0.39, 0.29) is 86.6 Å². The quantitative estimate of drug-likeness (QED) is 0.0148. The number of carbonyl (C=O) groups is 5. The van der Waals surface area contributed by atoms with Gasteiger partial charge in [-0.3, -0.25) is 18.6 Å². The van der Waals surface area contributed by atoms with Crippen molar-refractivity contribution in [3.63, 3.8) is 0 Å². The number of hydrogen-bond donors (Lipinski definition) is 0. The molecule has 2 aliphatic heterocycles. The lowest BCUT2D eigenvalue weighted by atomic mass is 9.49. The Hall–Kier alpha value is -9.13. The Bertz CT molecular complexity index is 5260. The van der Waals surface area contributed by atoms with E-state index < -0.39 is 104 Å². The third kappa shape index (κ3) is 18.4. The average Bonchev–Trinajstić information content (AvgIpc) is 1.46. The Labute approximate surface area is 779 Å². The normalized spacial score (nSPS) is 31.8. The lowest BCUT2D eigenvalue weighted by Crippen LogP contribution is -2.60. The maximum Gasteiger partial charge on any atom is 0.377 e. The fourth-order valence-corrected chi connectivity index (χ4v) is 34.2. The molecule has 14 aliphatic carbocycles. The third-order valence-electron chi connectivity index (χ3n) is 31.2. The summed E-state index contributed by atoms with van der Waals surface area (Å²) >= 11 is 0. The highest BCUT2D eigenvalue weighted by Gasteiger charge is 2.91. The molecule has 16 aliphatic rings. The first-order valence-electron chi connectivity index (χ1n) is 47.2. The van der Waals surface area contributed by atoms with Crippen molar-refractivity contribution in [3.05, 3.63) is 272 Å². The molecule has 14 saturated carbocycles. The summed E-state index contributed by atoms with van der Waals surface area (Å²) in [5, 5.41) is -0.534. The van der Waals surface area contributed by atoms with Crippen LogP contribution in [0.25, 0.3) is 0 Å². The molecule has 2 saturated heterocycles. The molecular formula is C109H117F6O13S4+3. The largest absolute Gasteiger partial charge is 0.465 e. The van der Waals surface area contributed by atoms with Gasteiger partial charge in [-0.25, -0.2) is 18.4 Å². The van der Waals surface area contributed by atoms with Gasteiger partial charge in [0.05, 0.1) is 61.8 Å². The molecule has 13 nitrogen and oxygen atoms in total.